The number of esters is 1. The molecule has 2 aromatic rings. The van der Waals surface area contributed by atoms with Crippen molar-refractivity contribution in [1.29, 1.82) is 0 Å². The molecule has 2 aliphatic heterocycles. The molecule has 9 heteroatoms. The molecule has 0 aromatic heterocycles. The molecule has 2 fully saturated rings. The molecule has 2 saturated heterocycles. The van der Waals surface area contributed by atoms with E-state index in [0.29, 0.717) is 13.0 Å². The molecule has 2 aromatic carbocycles. The first-order chi connectivity index (χ1) is 17.9. The predicted octanol–water partition coefficient (Wildman–Crippen LogP) is 2.35. The summed E-state index contributed by atoms with van der Waals surface area (Å²) in [5, 5.41) is 15.8. The van der Waals surface area contributed by atoms with Crippen LogP contribution in [0.5, 0.6) is 0 Å². The van der Waals surface area contributed by atoms with Crippen molar-refractivity contribution in [2.45, 2.75) is 76.0 Å². The van der Waals surface area contributed by atoms with Crippen molar-refractivity contribution in [2.75, 3.05) is 13.2 Å². The van der Waals surface area contributed by atoms with E-state index in [1.54, 1.807) is 0 Å². The molecule has 2 heterocycles. The minimum atomic E-state index is -0.859. The Bertz CT molecular complexity index is 1000. The van der Waals surface area contributed by atoms with Crippen molar-refractivity contribution in [2.24, 2.45) is 0 Å². The highest BCUT2D eigenvalue weighted by molar-refractivity contribution is 5.74. The van der Waals surface area contributed by atoms with Crippen LogP contribution < -0.4 is 10.6 Å². The summed E-state index contributed by atoms with van der Waals surface area (Å²) in [6, 6.07) is 18.7. The van der Waals surface area contributed by atoms with Gasteiger partial charge in [0.05, 0.1) is 31.8 Å². The van der Waals surface area contributed by atoms with Gasteiger partial charge in [0.25, 0.3) is 0 Å². The molecular formula is C28H36N2O7. The summed E-state index contributed by atoms with van der Waals surface area (Å²) in [5.74, 6) is -0.438. The number of nitrogens with one attached hydrogen (secondary N) is 2. The number of hydrogen-bond acceptors (Lipinski definition) is 7. The van der Waals surface area contributed by atoms with Gasteiger partial charge >= 0.3 is 12.0 Å². The van der Waals surface area contributed by atoms with Gasteiger partial charge in [-0.3, -0.25) is 4.79 Å². The molecule has 1 unspecified atom stereocenters. The molecule has 0 aliphatic carbocycles. The average molecular weight is 513 g/mol. The highest BCUT2D eigenvalue weighted by Gasteiger charge is 2.53. The molecule has 9 nitrogen and oxygen atoms in total. The predicted molar refractivity (Wildman–Crippen MR) is 136 cm³/mol. The number of fused-ring (bicyclic) bond motifs is 1. The molecule has 0 saturated carbocycles. The van der Waals surface area contributed by atoms with E-state index < -0.39 is 30.4 Å². The Morgan fingerprint density at radius 3 is 2.32 bits per heavy atom. The largest absolute Gasteiger partial charge is 0.456 e. The molecule has 0 spiro atoms. The highest BCUT2D eigenvalue weighted by atomic mass is 16.6. The van der Waals surface area contributed by atoms with Crippen LogP contribution in [-0.4, -0.2) is 72.9 Å². The third kappa shape index (κ3) is 7.52. The lowest BCUT2D eigenvalue weighted by molar-refractivity contribution is -0.243. The van der Waals surface area contributed by atoms with E-state index in [1.165, 1.54) is 0 Å². The van der Waals surface area contributed by atoms with Gasteiger partial charge in [0, 0.05) is 19.0 Å². The molecule has 37 heavy (non-hydrogen) atoms. The van der Waals surface area contributed by atoms with Gasteiger partial charge in [0.15, 0.2) is 6.10 Å². The Morgan fingerprint density at radius 1 is 1.00 bits per heavy atom. The number of benzene rings is 2. The number of amides is 2. The first-order valence-corrected chi connectivity index (χ1v) is 12.8. The van der Waals surface area contributed by atoms with Gasteiger partial charge < -0.3 is 34.7 Å². The fraction of sp³-hybridized carbons (Fsp3) is 0.500. The zero-order valence-electron chi connectivity index (χ0n) is 21.2. The number of aliphatic hydroxyl groups is 1. The van der Waals surface area contributed by atoms with Crippen LogP contribution in [0.4, 0.5) is 4.79 Å². The van der Waals surface area contributed by atoms with Crippen molar-refractivity contribution in [3.8, 4) is 0 Å². The van der Waals surface area contributed by atoms with Crippen LogP contribution in [0.25, 0.3) is 0 Å². The molecule has 200 valence electrons. The second-order valence-corrected chi connectivity index (χ2v) is 9.74. The molecule has 4 rings (SSSR count). The second-order valence-electron chi connectivity index (χ2n) is 9.74. The van der Waals surface area contributed by atoms with Gasteiger partial charge in [-0.1, -0.05) is 60.7 Å². The summed E-state index contributed by atoms with van der Waals surface area (Å²) < 4.78 is 24.6. The van der Waals surface area contributed by atoms with Gasteiger partial charge in [0.2, 0.25) is 0 Å². The molecule has 2 aliphatic rings. The maximum absolute atomic E-state index is 12.9. The zero-order valence-corrected chi connectivity index (χ0v) is 21.2. The number of carbonyl (C=O) groups is 2. The molecule has 2 amide bonds. The Kier molecular flexibility index (Phi) is 9.51. The van der Waals surface area contributed by atoms with Crippen LogP contribution in [0, 0.1) is 0 Å². The van der Waals surface area contributed by atoms with Crippen LogP contribution >= 0.6 is 0 Å². The Morgan fingerprint density at radius 2 is 1.68 bits per heavy atom. The number of rotatable bonds is 10. The highest BCUT2D eigenvalue weighted by Crippen LogP contribution is 2.36. The fourth-order valence-corrected chi connectivity index (χ4v) is 4.73. The number of hydrogen-bond donors (Lipinski definition) is 3. The van der Waals surface area contributed by atoms with E-state index in [0.717, 1.165) is 11.1 Å². The van der Waals surface area contributed by atoms with E-state index in [2.05, 4.69) is 10.6 Å². The number of aliphatic hydroxyl groups excluding tert-OH is 1. The number of carbonyl (C=O) groups excluding carboxylic acids is 2. The maximum Gasteiger partial charge on any atom is 0.315 e. The van der Waals surface area contributed by atoms with E-state index in [4.69, 9.17) is 18.9 Å². The summed E-state index contributed by atoms with van der Waals surface area (Å²) in [5.41, 5.74) is 1.79. The van der Waals surface area contributed by atoms with Crippen LogP contribution in [0.2, 0.25) is 0 Å². The zero-order chi connectivity index (χ0) is 26.2. The average Bonchev–Trinajstić information content (AvgIpc) is 3.30. The lowest BCUT2D eigenvalue weighted by Gasteiger charge is -2.42. The third-order valence-corrected chi connectivity index (χ3v) is 6.41. The molecular weight excluding hydrogens is 476 g/mol. The molecule has 6 atom stereocenters. The lowest BCUT2D eigenvalue weighted by atomic mass is 9.94. The lowest BCUT2D eigenvalue weighted by Crippen LogP contribution is -2.59. The van der Waals surface area contributed by atoms with Gasteiger partial charge in [0.1, 0.15) is 18.3 Å². The van der Waals surface area contributed by atoms with Crippen molar-refractivity contribution >= 4 is 12.0 Å². The Labute approximate surface area is 217 Å². The van der Waals surface area contributed by atoms with Crippen molar-refractivity contribution in [1.82, 2.24) is 10.6 Å². The smallest absolute Gasteiger partial charge is 0.315 e. The Balaban J connectivity index is 1.47. The summed E-state index contributed by atoms with van der Waals surface area (Å²) in [4.78, 5) is 24.9. The van der Waals surface area contributed by atoms with E-state index in [1.807, 2.05) is 74.5 Å². The van der Waals surface area contributed by atoms with Crippen LogP contribution in [0.1, 0.15) is 31.4 Å². The monoisotopic (exact) mass is 512 g/mol. The van der Waals surface area contributed by atoms with Crippen molar-refractivity contribution in [3.05, 3.63) is 71.8 Å². The first-order valence-electron chi connectivity index (χ1n) is 12.8. The Hall–Kier alpha value is -2.98. The van der Waals surface area contributed by atoms with E-state index in [9.17, 15) is 14.7 Å². The molecule has 0 bridgehead atoms. The normalized spacial score (nSPS) is 26.9. The minimum absolute atomic E-state index is 0.0165. The summed E-state index contributed by atoms with van der Waals surface area (Å²) in [6.45, 7) is 4.01. The van der Waals surface area contributed by atoms with E-state index in [-0.39, 0.29) is 43.9 Å². The first kappa shape index (κ1) is 27.1. The maximum atomic E-state index is 12.9. The standard InChI is InChI=1S/C28H36N2O7/c1-18(2)30-28(33)29-15-21-14-22-25(35-21)27(34-17-20-11-7-4-8-12-20)26(23(16-31)36-22)37-24(32)13-19-9-5-3-6-10-19/h3-12,18,21-23,25-27,31H,13-17H2,1-2H3,(H2,29,30,33)/t21?,22-,23-,25+,26-,27-/m1/s1. The fourth-order valence-electron chi connectivity index (χ4n) is 4.73. The second kappa shape index (κ2) is 13.0. The summed E-state index contributed by atoms with van der Waals surface area (Å²) in [6.07, 6.45) is -2.89. The molecule has 3 N–H and O–H groups in total. The van der Waals surface area contributed by atoms with Crippen LogP contribution in [0.3, 0.4) is 0 Å². The van der Waals surface area contributed by atoms with Crippen LogP contribution in [-0.2, 0) is 36.8 Å². The van der Waals surface area contributed by atoms with Gasteiger partial charge in [-0.15, -0.1) is 0 Å². The number of urea groups is 1. The van der Waals surface area contributed by atoms with Crippen molar-refractivity contribution < 1.29 is 33.6 Å². The van der Waals surface area contributed by atoms with Gasteiger partial charge in [-0.2, -0.15) is 0 Å². The molecule has 0 radical (unpaired) electrons. The SMILES string of the molecule is CC(C)NC(=O)NCC1C[C@H]2O[C@H](CO)[C@@H](OC(=O)Cc3ccccc3)[C@H](OCc3ccccc3)[C@H]2O1. The summed E-state index contributed by atoms with van der Waals surface area (Å²) in [7, 11) is 0. The van der Waals surface area contributed by atoms with Crippen molar-refractivity contribution in [3.63, 3.8) is 0 Å². The summed E-state index contributed by atoms with van der Waals surface area (Å²) >= 11 is 0. The van der Waals surface area contributed by atoms with Crippen LogP contribution in [0.15, 0.2) is 60.7 Å². The minimum Gasteiger partial charge on any atom is -0.456 e. The van der Waals surface area contributed by atoms with Gasteiger partial charge in [-0.25, -0.2) is 4.79 Å². The third-order valence-electron chi connectivity index (χ3n) is 6.41. The quantitative estimate of drug-likeness (QED) is 0.419. The topological polar surface area (TPSA) is 115 Å². The number of ether oxygens (including phenoxy) is 4. The van der Waals surface area contributed by atoms with Gasteiger partial charge in [-0.05, 0) is 25.0 Å². The van der Waals surface area contributed by atoms with E-state index >= 15 is 0 Å².